The molecule has 0 bridgehead atoms. The van der Waals surface area contributed by atoms with Crippen molar-refractivity contribution in [2.45, 2.75) is 79.1 Å². The van der Waals surface area contributed by atoms with E-state index >= 15 is 0 Å². The van der Waals surface area contributed by atoms with Crippen LogP contribution in [0.2, 0.25) is 0 Å². The van der Waals surface area contributed by atoms with Gasteiger partial charge in [0.1, 0.15) is 0 Å². The monoisotopic (exact) mass is 638 g/mol. The van der Waals surface area contributed by atoms with Crippen molar-refractivity contribution in [3.05, 3.63) is 144 Å². The van der Waals surface area contributed by atoms with Gasteiger partial charge in [-0.25, -0.2) is 0 Å². The summed E-state index contributed by atoms with van der Waals surface area (Å²) in [6.07, 6.45) is 0. The fourth-order valence-corrected chi connectivity index (χ4v) is 12.9. The minimum atomic E-state index is -2.25. The maximum Gasteiger partial charge on any atom is 3.00 e. The summed E-state index contributed by atoms with van der Waals surface area (Å²) in [5.74, 6) is 1.52. The molecular formula is C39H53AlN2P2. The molecule has 0 amide bonds. The summed E-state index contributed by atoms with van der Waals surface area (Å²) in [6.45, 7) is 20.7. The summed E-state index contributed by atoms with van der Waals surface area (Å²) < 4.78 is 0. The summed E-state index contributed by atoms with van der Waals surface area (Å²) in [5, 5.41) is 14.4. The normalized spacial score (nSPS) is 13.0. The molecule has 4 aromatic rings. The van der Waals surface area contributed by atoms with Crippen molar-refractivity contribution in [3.63, 3.8) is 0 Å². The molecule has 0 aliphatic heterocycles. The first kappa shape index (κ1) is 39.9. The molecule has 232 valence electrons. The second-order valence-corrected chi connectivity index (χ2v) is 19.6. The van der Waals surface area contributed by atoms with Crippen LogP contribution in [0.1, 0.15) is 101 Å². The Balaban J connectivity index is 0.00000323. The van der Waals surface area contributed by atoms with Gasteiger partial charge in [-0.05, 0) is 56.0 Å². The molecule has 0 saturated carbocycles. The van der Waals surface area contributed by atoms with Gasteiger partial charge < -0.3 is 25.0 Å². The Morgan fingerprint density at radius 2 is 0.864 bits per heavy atom. The van der Waals surface area contributed by atoms with Gasteiger partial charge >= 0.3 is 17.4 Å². The van der Waals surface area contributed by atoms with Crippen LogP contribution in [0.4, 0.5) is 11.4 Å². The van der Waals surface area contributed by atoms with Crippen LogP contribution in [0.25, 0.3) is 10.2 Å². The first-order valence-electron chi connectivity index (χ1n) is 15.0. The summed E-state index contributed by atoms with van der Waals surface area (Å²) in [7, 11) is -3.30. The molecule has 0 spiro atoms. The van der Waals surface area contributed by atoms with Crippen LogP contribution >= 0.6 is 14.9 Å². The molecule has 0 heterocycles. The van der Waals surface area contributed by atoms with Crippen molar-refractivity contribution < 1.29 is 0 Å². The Morgan fingerprint density at radius 3 is 1.25 bits per heavy atom. The van der Waals surface area contributed by atoms with Gasteiger partial charge in [-0.1, -0.05) is 163 Å². The molecular weight excluding hydrogens is 585 g/mol. The molecule has 0 fully saturated rings. The quantitative estimate of drug-likeness (QED) is 0.0888. The average Bonchev–Trinajstić information content (AvgIpc) is 2.96. The fourth-order valence-electron chi connectivity index (χ4n) is 5.39. The van der Waals surface area contributed by atoms with Gasteiger partial charge in [-0.2, -0.15) is 0 Å². The zero-order chi connectivity index (χ0) is 29.7. The Labute approximate surface area is 283 Å². The fraction of sp³-hybridized carbons (Fsp3) is 0.333. The molecule has 0 N–H and O–H groups in total. The molecule has 4 rings (SSSR count). The van der Waals surface area contributed by atoms with Gasteiger partial charge in [0, 0.05) is 6.66 Å². The number of hydrogen-bond acceptors (Lipinski definition) is 0. The number of rotatable bonds is 11. The Morgan fingerprint density at radius 1 is 0.500 bits per heavy atom. The van der Waals surface area contributed by atoms with E-state index in [9.17, 15) is 0 Å². The van der Waals surface area contributed by atoms with Crippen LogP contribution in [-0.4, -0.2) is 24.0 Å². The van der Waals surface area contributed by atoms with E-state index in [1.54, 1.807) is 0 Å². The summed E-state index contributed by atoms with van der Waals surface area (Å²) in [5.41, 5.74) is 7.65. The van der Waals surface area contributed by atoms with Crippen molar-refractivity contribution in [3.8, 4) is 0 Å². The van der Waals surface area contributed by atoms with Crippen LogP contribution in [0.5, 0.6) is 0 Å². The molecule has 0 radical (unpaired) electrons. The largest absolute Gasteiger partial charge is 3.00 e. The van der Waals surface area contributed by atoms with Crippen molar-refractivity contribution in [2.24, 2.45) is 0 Å². The van der Waals surface area contributed by atoms with Crippen molar-refractivity contribution in [1.82, 2.24) is 0 Å². The van der Waals surface area contributed by atoms with Crippen molar-refractivity contribution in [1.29, 1.82) is 0 Å². The second-order valence-electron chi connectivity index (χ2n) is 12.3. The summed E-state index contributed by atoms with van der Waals surface area (Å²) >= 11 is 0. The van der Waals surface area contributed by atoms with Gasteiger partial charge in [-0.15, -0.1) is 11.4 Å². The second kappa shape index (κ2) is 17.5. The third-order valence-corrected chi connectivity index (χ3v) is 15.7. The predicted octanol–water partition coefficient (Wildman–Crippen LogP) is 12.9. The van der Waals surface area contributed by atoms with Crippen LogP contribution < -0.4 is 10.6 Å². The zero-order valence-corrected chi connectivity index (χ0v) is 31.9. The van der Waals surface area contributed by atoms with E-state index < -0.39 is 14.9 Å². The molecule has 4 aromatic carbocycles. The number of nitrogens with zero attached hydrogens (tertiary/aromatic N) is 2. The number of benzene rings is 4. The minimum Gasteiger partial charge on any atom is -0.623 e. The van der Waals surface area contributed by atoms with Crippen LogP contribution in [-0.2, 0) is 0 Å². The van der Waals surface area contributed by atoms with Gasteiger partial charge in [0.05, 0.1) is 5.30 Å². The topological polar surface area (TPSA) is 28.2 Å². The Hall–Kier alpha value is -2.13. The molecule has 2 atom stereocenters. The molecule has 0 aliphatic carbocycles. The van der Waals surface area contributed by atoms with Gasteiger partial charge in [-0.3, -0.25) is 0 Å². The van der Waals surface area contributed by atoms with E-state index in [2.05, 4.69) is 159 Å². The molecule has 0 aromatic heterocycles. The standard InChI is InChI=1S/C37H47N2P2.2CH3.Al/c1-26(2)32-22-16-23-33(27(3)4)36(32)38-40(30-18-12-10-13-19-30)41(9,31-20-14-11-15-21-31)39-37-34(28(5)6)24-17-25-35(37)29(7)8;;;/h10-29H,1-9H3;2*1H3;/q3*-1;+3. The molecule has 5 heteroatoms. The van der Waals surface area contributed by atoms with E-state index in [-0.39, 0.29) is 32.2 Å². The van der Waals surface area contributed by atoms with Crippen LogP contribution in [0, 0.1) is 14.9 Å². The van der Waals surface area contributed by atoms with Crippen molar-refractivity contribution in [2.75, 3.05) is 6.66 Å². The number of hydrogen-bond donors (Lipinski definition) is 0. The maximum atomic E-state index is 5.97. The van der Waals surface area contributed by atoms with E-state index in [0.717, 1.165) is 0 Å². The van der Waals surface area contributed by atoms with Gasteiger partial charge in [0.25, 0.3) is 0 Å². The minimum absolute atomic E-state index is 0. The van der Waals surface area contributed by atoms with Crippen LogP contribution in [0.15, 0.2) is 97.1 Å². The zero-order valence-electron chi connectivity index (χ0n) is 28.9. The van der Waals surface area contributed by atoms with Crippen molar-refractivity contribution >= 4 is 54.2 Å². The summed E-state index contributed by atoms with van der Waals surface area (Å²) in [6, 6.07) is 35.5. The van der Waals surface area contributed by atoms with E-state index in [1.807, 2.05) is 0 Å². The van der Waals surface area contributed by atoms with Gasteiger partial charge in [0.2, 0.25) is 0 Å². The predicted molar refractivity (Wildman–Crippen MR) is 206 cm³/mol. The first-order valence-corrected chi connectivity index (χ1v) is 19.2. The smallest absolute Gasteiger partial charge is 0.623 e. The Kier molecular flexibility index (Phi) is 15.9. The Bertz CT molecular complexity index is 1370. The SMILES string of the molecule is CC(C)c1cccc(C(C)C)c1[N-]P(c1ccccc1)[P+](C)([N-]c1c(C(C)C)cccc1C(C)C)c1ccccc1.[Al+3].[CH3-].[CH3-]. The van der Waals surface area contributed by atoms with Gasteiger partial charge in [0.15, 0.2) is 0 Å². The molecule has 2 nitrogen and oxygen atoms in total. The van der Waals surface area contributed by atoms with E-state index in [4.69, 9.17) is 10.2 Å². The third-order valence-electron chi connectivity index (χ3n) is 7.78. The van der Waals surface area contributed by atoms with E-state index in [1.165, 1.54) is 44.2 Å². The molecule has 0 saturated heterocycles. The molecule has 0 aliphatic rings. The average molecular weight is 639 g/mol. The van der Waals surface area contributed by atoms with E-state index in [0.29, 0.717) is 23.7 Å². The molecule has 2 unspecified atom stereocenters. The molecule has 44 heavy (non-hydrogen) atoms. The first-order chi connectivity index (χ1) is 19.5. The van der Waals surface area contributed by atoms with Crippen LogP contribution in [0.3, 0.4) is 0 Å². The maximum absolute atomic E-state index is 5.97. The third kappa shape index (κ3) is 8.77. The summed E-state index contributed by atoms with van der Waals surface area (Å²) in [4.78, 5) is 0.